The van der Waals surface area contributed by atoms with E-state index in [9.17, 15) is 0 Å². The Morgan fingerprint density at radius 2 is 2.29 bits per heavy atom. The Balaban J connectivity index is 1.88. The molecule has 2 atom stereocenters. The van der Waals surface area contributed by atoms with Crippen molar-refractivity contribution in [2.24, 2.45) is 5.92 Å². The zero-order valence-corrected chi connectivity index (χ0v) is 12.9. The van der Waals surface area contributed by atoms with Crippen LogP contribution >= 0.6 is 11.6 Å². The standard InChI is InChI=1S/C15H18ClN3O2/c1-9-5-6-17-12(7-9)15-18-14(19-21-15)11-4-3-10(16)8-13(11)20-2/h3-4,8-9,12,17H,5-7H2,1-2H3. The molecule has 1 aliphatic rings. The van der Waals surface area contributed by atoms with E-state index in [1.807, 2.05) is 6.07 Å². The zero-order valence-electron chi connectivity index (χ0n) is 12.1. The summed E-state index contributed by atoms with van der Waals surface area (Å²) in [6.07, 6.45) is 2.20. The average Bonchev–Trinajstić information content (AvgIpc) is 2.96. The van der Waals surface area contributed by atoms with Crippen molar-refractivity contribution >= 4 is 11.6 Å². The molecule has 6 heteroatoms. The lowest BCUT2D eigenvalue weighted by Gasteiger charge is -2.25. The molecule has 0 radical (unpaired) electrons. The predicted octanol–water partition coefficient (Wildman–Crippen LogP) is 3.46. The highest BCUT2D eigenvalue weighted by Gasteiger charge is 2.25. The number of nitrogens with one attached hydrogen (secondary N) is 1. The van der Waals surface area contributed by atoms with E-state index in [2.05, 4.69) is 22.4 Å². The van der Waals surface area contributed by atoms with Gasteiger partial charge in [0.05, 0.1) is 18.7 Å². The lowest BCUT2D eigenvalue weighted by atomic mass is 9.94. The van der Waals surface area contributed by atoms with Crippen molar-refractivity contribution in [3.05, 3.63) is 29.1 Å². The maximum atomic E-state index is 5.97. The van der Waals surface area contributed by atoms with Crippen LogP contribution in [0.4, 0.5) is 0 Å². The minimum atomic E-state index is 0.133. The maximum Gasteiger partial charge on any atom is 0.244 e. The second kappa shape index (κ2) is 6.03. The van der Waals surface area contributed by atoms with Crippen LogP contribution in [0.2, 0.25) is 5.02 Å². The highest BCUT2D eigenvalue weighted by atomic mass is 35.5. The fourth-order valence-corrected chi connectivity index (χ4v) is 2.79. The molecule has 1 fully saturated rings. The molecule has 21 heavy (non-hydrogen) atoms. The Kier molecular flexibility index (Phi) is 4.12. The number of hydrogen-bond acceptors (Lipinski definition) is 5. The third-order valence-electron chi connectivity index (χ3n) is 3.81. The molecule has 5 nitrogen and oxygen atoms in total. The minimum Gasteiger partial charge on any atom is -0.496 e. The molecule has 0 aliphatic carbocycles. The number of benzene rings is 1. The molecule has 2 heterocycles. The highest BCUT2D eigenvalue weighted by molar-refractivity contribution is 6.30. The van der Waals surface area contributed by atoms with Gasteiger partial charge >= 0.3 is 0 Å². The Labute approximate surface area is 128 Å². The van der Waals surface area contributed by atoms with Gasteiger partial charge in [0, 0.05) is 5.02 Å². The molecule has 1 saturated heterocycles. The van der Waals surface area contributed by atoms with E-state index in [4.69, 9.17) is 20.9 Å². The first-order valence-corrected chi connectivity index (χ1v) is 7.46. The first-order valence-electron chi connectivity index (χ1n) is 7.08. The molecule has 112 valence electrons. The lowest BCUT2D eigenvalue weighted by molar-refractivity contribution is 0.260. The highest BCUT2D eigenvalue weighted by Crippen LogP contribution is 2.32. The van der Waals surface area contributed by atoms with Gasteiger partial charge in [-0.15, -0.1) is 0 Å². The van der Waals surface area contributed by atoms with Gasteiger partial charge in [-0.2, -0.15) is 4.98 Å². The number of halogens is 1. The first-order chi connectivity index (χ1) is 10.2. The van der Waals surface area contributed by atoms with Gasteiger partial charge in [0.1, 0.15) is 5.75 Å². The Hall–Kier alpha value is -1.59. The molecule has 0 spiro atoms. The second-order valence-electron chi connectivity index (χ2n) is 5.44. The van der Waals surface area contributed by atoms with Crippen molar-refractivity contribution in [1.82, 2.24) is 15.5 Å². The second-order valence-corrected chi connectivity index (χ2v) is 5.87. The van der Waals surface area contributed by atoms with Crippen LogP contribution in [0.3, 0.4) is 0 Å². The zero-order chi connectivity index (χ0) is 14.8. The van der Waals surface area contributed by atoms with Gasteiger partial charge in [-0.05, 0) is 43.5 Å². The summed E-state index contributed by atoms with van der Waals surface area (Å²) in [4.78, 5) is 4.51. The van der Waals surface area contributed by atoms with Crippen molar-refractivity contribution in [3.8, 4) is 17.1 Å². The summed E-state index contributed by atoms with van der Waals surface area (Å²) >= 11 is 5.97. The fraction of sp³-hybridized carbons (Fsp3) is 0.467. The van der Waals surface area contributed by atoms with Gasteiger partial charge in [-0.25, -0.2) is 0 Å². The largest absolute Gasteiger partial charge is 0.496 e. The summed E-state index contributed by atoms with van der Waals surface area (Å²) in [5.41, 5.74) is 0.778. The average molecular weight is 308 g/mol. The van der Waals surface area contributed by atoms with E-state index in [0.29, 0.717) is 28.4 Å². The number of nitrogens with zero attached hydrogens (tertiary/aromatic N) is 2. The van der Waals surface area contributed by atoms with Crippen molar-refractivity contribution < 1.29 is 9.26 Å². The number of aromatic nitrogens is 2. The fourth-order valence-electron chi connectivity index (χ4n) is 2.63. The van der Waals surface area contributed by atoms with Crippen molar-refractivity contribution in [1.29, 1.82) is 0 Å². The van der Waals surface area contributed by atoms with Gasteiger partial charge in [0.2, 0.25) is 11.7 Å². The molecule has 1 N–H and O–H groups in total. The molecule has 1 aliphatic heterocycles. The number of ether oxygens (including phenoxy) is 1. The lowest BCUT2D eigenvalue weighted by Crippen LogP contribution is -2.30. The van der Waals surface area contributed by atoms with E-state index in [-0.39, 0.29) is 6.04 Å². The van der Waals surface area contributed by atoms with Crippen LogP contribution in [0.1, 0.15) is 31.7 Å². The SMILES string of the molecule is COc1cc(Cl)ccc1-c1noc(C2CC(C)CCN2)n1. The van der Waals surface area contributed by atoms with Crippen LogP contribution in [0, 0.1) is 5.92 Å². The monoisotopic (exact) mass is 307 g/mol. The van der Waals surface area contributed by atoms with Gasteiger partial charge < -0.3 is 14.6 Å². The molecule has 0 amide bonds. The molecule has 3 rings (SSSR count). The van der Waals surface area contributed by atoms with Crippen LogP contribution in [-0.4, -0.2) is 23.8 Å². The molecule has 2 aromatic rings. The minimum absolute atomic E-state index is 0.133. The van der Waals surface area contributed by atoms with Gasteiger partial charge in [-0.1, -0.05) is 23.7 Å². The molecule has 0 bridgehead atoms. The van der Waals surface area contributed by atoms with Crippen LogP contribution in [0.25, 0.3) is 11.4 Å². The number of rotatable bonds is 3. The molecule has 2 unspecified atom stereocenters. The maximum absolute atomic E-state index is 5.97. The third-order valence-corrected chi connectivity index (χ3v) is 4.05. The summed E-state index contributed by atoms with van der Waals surface area (Å²) in [6, 6.07) is 5.50. The van der Waals surface area contributed by atoms with Crippen molar-refractivity contribution in [2.75, 3.05) is 13.7 Å². The summed E-state index contributed by atoms with van der Waals surface area (Å²) in [5, 5.41) is 8.11. The first kappa shape index (κ1) is 14.4. The molecular formula is C15H18ClN3O2. The quantitative estimate of drug-likeness (QED) is 0.941. The third kappa shape index (κ3) is 3.04. The predicted molar refractivity (Wildman–Crippen MR) is 80.4 cm³/mol. The molecule has 1 aromatic carbocycles. The Bertz CT molecular complexity index is 629. The van der Waals surface area contributed by atoms with E-state index in [1.54, 1.807) is 19.2 Å². The Morgan fingerprint density at radius 3 is 3.05 bits per heavy atom. The van der Waals surface area contributed by atoms with Crippen LogP contribution < -0.4 is 10.1 Å². The van der Waals surface area contributed by atoms with E-state index < -0.39 is 0 Å². The number of hydrogen-bond donors (Lipinski definition) is 1. The topological polar surface area (TPSA) is 60.2 Å². The van der Waals surface area contributed by atoms with Crippen molar-refractivity contribution in [2.45, 2.75) is 25.8 Å². The molecule has 0 saturated carbocycles. The van der Waals surface area contributed by atoms with Gasteiger partial charge in [0.15, 0.2) is 0 Å². The van der Waals surface area contributed by atoms with E-state index >= 15 is 0 Å². The normalized spacial score (nSPS) is 22.2. The van der Waals surface area contributed by atoms with Crippen LogP contribution in [0.5, 0.6) is 5.75 Å². The van der Waals surface area contributed by atoms with E-state index in [1.165, 1.54) is 6.42 Å². The summed E-state index contributed by atoms with van der Waals surface area (Å²) < 4.78 is 10.8. The van der Waals surface area contributed by atoms with E-state index in [0.717, 1.165) is 18.5 Å². The summed E-state index contributed by atoms with van der Waals surface area (Å²) in [6.45, 7) is 3.22. The van der Waals surface area contributed by atoms with Crippen LogP contribution in [-0.2, 0) is 0 Å². The molecular weight excluding hydrogens is 290 g/mol. The number of piperidine rings is 1. The summed E-state index contributed by atoms with van der Waals surface area (Å²) in [7, 11) is 1.60. The smallest absolute Gasteiger partial charge is 0.244 e. The van der Waals surface area contributed by atoms with Gasteiger partial charge in [0.25, 0.3) is 0 Å². The van der Waals surface area contributed by atoms with Crippen LogP contribution in [0.15, 0.2) is 22.7 Å². The Morgan fingerprint density at radius 1 is 1.43 bits per heavy atom. The number of methoxy groups -OCH3 is 1. The summed E-state index contributed by atoms with van der Waals surface area (Å²) in [5.74, 6) is 2.46. The van der Waals surface area contributed by atoms with Gasteiger partial charge in [-0.3, -0.25) is 0 Å². The van der Waals surface area contributed by atoms with Crippen molar-refractivity contribution in [3.63, 3.8) is 0 Å². The molecule has 1 aromatic heterocycles.